The van der Waals surface area contributed by atoms with Gasteiger partial charge < -0.3 is 15.2 Å². The quantitative estimate of drug-likeness (QED) is 0.861. The predicted molar refractivity (Wildman–Crippen MR) is 61.9 cm³/mol. The topological polar surface area (TPSA) is 44.5 Å². The van der Waals surface area contributed by atoms with E-state index in [4.69, 9.17) is 26.8 Å². The van der Waals surface area contributed by atoms with Crippen LogP contribution in [0.2, 0.25) is 5.02 Å². The van der Waals surface area contributed by atoms with Gasteiger partial charge in [-0.25, -0.2) is 0 Å². The first-order chi connectivity index (χ1) is 7.10. The largest absolute Gasteiger partial charge is 0.493 e. The molecule has 1 aromatic carbocycles. The molecule has 2 N–H and O–H groups in total. The van der Waals surface area contributed by atoms with Crippen LogP contribution in [0, 0.1) is 0 Å². The van der Waals surface area contributed by atoms with E-state index in [1.807, 2.05) is 19.1 Å². The van der Waals surface area contributed by atoms with Crippen LogP contribution in [0.4, 0.5) is 0 Å². The van der Waals surface area contributed by atoms with E-state index >= 15 is 0 Å². The van der Waals surface area contributed by atoms with E-state index in [0.29, 0.717) is 16.5 Å². The van der Waals surface area contributed by atoms with Gasteiger partial charge in [-0.1, -0.05) is 17.7 Å². The molecule has 0 aromatic heterocycles. The molecule has 0 radical (unpaired) electrons. The molecule has 0 saturated heterocycles. The van der Waals surface area contributed by atoms with Gasteiger partial charge in [0.25, 0.3) is 0 Å². The smallest absolute Gasteiger partial charge is 0.179 e. The fourth-order valence-corrected chi connectivity index (χ4v) is 1.75. The summed E-state index contributed by atoms with van der Waals surface area (Å²) in [7, 11) is 3.15. The van der Waals surface area contributed by atoms with Gasteiger partial charge in [0, 0.05) is 6.04 Å². The van der Waals surface area contributed by atoms with Crippen LogP contribution >= 0.6 is 11.6 Å². The van der Waals surface area contributed by atoms with Gasteiger partial charge in [0.15, 0.2) is 11.5 Å². The molecule has 1 rings (SSSR count). The molecule has 0 amide bonds. The van der Waals surface area contributed by atoms with Gasteiger partial charge in [0.05, 0.1) is 19.2 Å². The van der Waals surface area contributed by atoms with Crippen molar-refractivity contribution in [1.29, 1.82) is 0 Å². The van der Waals surface area contributed by atoms with Crippen molar-refractivity contribution in [2.24, 2.45) is 5.73 Å². The lowest BCUT2D eigenvalue weighted by Gasteiger charge is -2.13. The second-order valence-electron chi connectivity index (χ2n) is 3.46. The maximum absolute atomic E-state index is 6.18. The molecule has 1 atom stereocenters. The lowest BCUT2D eigenvalue weighted by molar-refractivity contribution is 0.354. The maximum atomic E-state index is 6.18. The Morgan fingerprint density at radius 1 is 1.33 bits per heavy atom. The van der Waals surface area contributed by atoms with Crippen LogP contribution in [0.1, 0.15) is 12.5 Å². The van der Waals surface area contributed by atoms with Gasteiger partial charge in [-0.05, 0) is 25.0 Å². The normalized spacial score (nSPS) is 12.3. The molecule has 0 heterocycles. The standard InChI is InChI=1S/C11H16ClNO2/c1-7(13)6-8-4-5-9(14-2)11(15-3)10(8)12/h4-5,7H,6,13H2,1-3H3/t7-/m1/s1. The highest BCUT2D eigenvalue weighted by molar-refractivity contribution is 6.33. The minimum absolute atomic E-state index is 0.0700. The van der Waals surface area contributed by atoms with Crippen molar-refractivity contribution in [3.8, 4) is 11.5 Å². The summed E-state index contributed by atoms with van der Waals surface area (Å²) in [6.07, 6.45) is 0.721. The van der Waals surface area contributed by atoms with Gasteiger partial charge in [0.1, 0.15) is 0 Å². The molecule has 3 nitrogen and oxygen atoms in total. The van der Waals surface area contributed by atoms with Crippen LogP contribution in [0.5, 0.6) is 11.5 Å². The van der Waals surface area contributed by atoms with Crippen LogP contribution in [-0.2, 0) is 6.42 Å². The van der Waals surface area contributed by atoms with Crippen molar-refractivity contribution in [2.45, 2.75) is 19.4 Å². The van der Waals surface area contributed by atoms with Crippen molar-refractivity contribution in [2.75, 3.05) is 14.2 Å². The Morgan fingerprint density at radius 3 is 2.47 bits per heavy atom. The Balaban J connectivity index is 3.11. The fraction of sp³-hybridized carbons (Fsp3) is 0.455. The number of benzene rings is 1. The predicted octanol–water partition coefficient (Wildman–Crippen LogP) is 2.25. The minimum Gasteiger partial charge on any atom is -0.493 e. The van der Waals surface area contributed by atoms with Crippen LogP contribution in [0.15, 0.2) is 12.1 Å². The fourth-order valence-electron chi connectivity index (χ4n) is 1.43. The molecule has 0 fully saturated rings. The van der Waals surface area contributed by atoms with E-state index < -0.39 is 0 Å². The minimum atomic E-state index is 0.0700. The summed E-state index contributed by atoms with van der Waals surface area (Å²) in [4.78, 5) is 0. The number of ether oxygens (including phenoxy) is 2. The molecule has 4 heteroatoms. The summed E-state index contributed by atoms with van der Waals surface area (Å²) in [5.41, 5.74) is 6.70. The Labute approximate surface area is 95.1 Å². The second-order valence-corrected chi connectivity index (χ2v) is 3.83. The average molecular weight is 230 g/mol. The zero-order chi connectivity index (χ0) is 11.4. The van der Waals surface area contributed by atoms with Crippen molar-refractivity contribution in [3.63, 3.8) is 0 Å². The summed E-state index contributed by atoms with van der Waals surface area (Å²) >= 11 is 6.18. The summed E-state index contributed by atoms with van der Waals surface area (Å²) in [6.45, 7) is 1.94. The summed E-state index contributed by atoms with van der Waals surface area (Å²) in [6, 6.07) is 3.82. The molecule has 0 unspecified atom stereocenters. The third-order valence-electron chi connectivity index (χ3n) is 2.11. The van der Waals surface area contributed by atoms with Crippen molar-refractivity contribution < 1.29 is 9.47 Å². The monoisotopic (exact) mass is 229 g/mol. The summed E-state index contributed by atoms with van der Waals surface area (Å²) in [5, 5.41) is 0.578. The summed E-state index contributed by atoms with van der Waals surface area (Å²) in [5.74, 6) is 1.20. The Bertz CT molecular complexity index is 340. The lowest BCUT2D eigenvalue weighted by Crippen LogP contribution is -2.18. The number of methoxy groups -OCH3 is 2. The van der Waals surface area contributed by atoms with Crippen molar-refractivity contribution in [1.82, 2.24) is 0 Å². The number of halogens is 1. The maximum Gasteiger partial charge on any atom is 0.179 e. The van der Waals surface area contributed by atoms with E-state index in [2.05, 4.69) is 0 Å². The van der Waals surface area contributed by atoms with E-state index in [9.17, 15) is 0 Å². The second kappa shape index (κ2) is 5.24. The molecule has 0 bridgehead atoms. The number of nitrogens with two attached hydrogens (primary N) is 1. The third-order valence-corrected chi connectivity index (χ3v) is 2.52. The van der Waals surface area contributed by atoms with Gasteiger partial charge >= 0.3 is 0 Å². The zero-order valence-corrected chi connectivity index (χ0v) is 9.97. The van der Waals surface area contributed by atoms with E-state index in [1.54, 1.807) is 14.2 Å². The Morgan fingerprint density at radius 2 is 2.00 bits per heavy atom. The molecule has 0 saturated carbocycles. The molecule has 84 valence electrons. The van der Waals surface area contributed by atoms with Crippen LogP contribution < -0.4 is 15.2 Å². The summed E-state index contributed by atoms with van der Waals surface area (Å²) < 4.78 is 10.3. The van der Waals surface area contributed by atoms with Crippen molar-refractivity contribution >= 4 is 11.6 Å². The highest BCUT2D eigenvalue weighted by Gasteiger charge is 2.13. The first-order valence-electron chi connectivity index (χ1n) is 4.75. The highest BCUT2D eigenvalue weighted by atomic mass is 35.5. The average Bonchev–Trinajstić information content (AvgIpc) is 2.20. The SMILES string of the molecule is COc1ccc(C[C@@H](C)N)c(Cl)c1OC. The number of hydrogen-bond acceptors (Lipinski definition) is 3. The van der Waals surface area contributed by atoms with Crippen LogP contribution in [-0.4, -0.2) is 20.3 Å². The van der Waals surface area contributed by atoms with E-state index in [-0.39, 0.29) is 6.04 Å². The lowest BCUT2D eigenvalue weighted by atomic mass is 10.1. The molecule has 15 heavy (non-hydrogen) atoms. The molecule has 0 aliphatic heterocycles. The number of rotatable bonds is 4. The molecule has 0 spiro atoms. The van der Waals surface area contributed by atoms with Gasteiger partial charge in [0.2, 0.25) is 0 Å². The Kier molecular flexibility index (Phi) is 4.24. The molecule has 0 aliphatic rings. The first kappa shape index (κ1) is 12.1. The molecule has 1 aromatic rings. The van der Waals surface area contributed by atoms with Crippen LogP contribution in [0.3, 0.4) is 0 Å². The zero-order valence-electron chi connectivity index (χ0n) is 9.21. The third kappa shape index (κ3) is 2.76. The Hall–Kier alpha value is -0.930. The van der Waals surface area contributed by atoms with Gasteiger partial charge in [-0.3, -0.25) is 0 Å². The van der Waals surface area contributed by atoms with E-state index in [0.717, 1.165) is 12.0 Å². The van der Waals surface area contributed by atoms with Crippen molar-refractivity contribution in [3.05, 3.63) is 22.7 Å². The number of hydrogen-bond donors (Lipinski definition) is 1. The van der Waals surface area contributed by atoms with Gasteiger partial charge in [-0.15, -0.1) is 0 Å². The van der Waals surface area contributed by atoms with E-state index in [1.165, 1.54) is 0 Å². The highest BCUT2D eigenvalue weighted by Crippen LogP contribution is 2.37. The van der Waals surface area contributed by atoms with Gasteiger partial charge in [-0.2, -0.15) is 0 Å². The molecular formula is C11H16ClNO2. The van der Waals surface area contributed by atoms with Crippen LogP contribution in [0.25, 0.3) is 0 Å². The molecule has 0 aliphatic carbocycles. The first-order valence-corrected chi connectivity index (χ1v) is 5.12. The molecular weight excluding hydrogens is 214 g/mol.